The third kappa shape index (κ3) is 4.48. The van der Waals surface area contributed by atoms with Crippen molar-refractivity contribution in [1.82, 2.24) is 5.16 Å². The Balaban J connectivity index is 1.45. The lowest BCUT2D eigenvalue weighted by Crippen LogP contribution is -2.18. The van der Waals surface area contributed by atoms with Gasteiger partial charge in [0, 0.05) is 28.8 Å². The maximum Gasteiger partial charge on any atom is 0.224 e. The molecule has 0 fully saturated rings. The number of fused-ring (bicyclic) bond motifs is 3. The number of nitrogens with one attached hydrogen (secondary N) is 1. The second-order valence-electron chi connectivity index (χ2n) is 9.70. The Morgan fingerprint density at radius 3 is 2.57 bits per heavy atom. The highest BCUT2D eigenvalue weighted by Gasteiger charge is 2.24. The van der Waals surface area contributed by atoms with E-state index in [2.05, 4.69) is 56.4 Å². The zero-order chi connectivity index (χ0) is 21.3. The molecule has 1 amide bonds. The monoisotopic (exact) mass is 402 g/mol. The third-order valence-corrected chi connectivity index (χ3v) is 5.63. The molecule has 1 heterocycles. The molecular formula is C26H30N2O2. The molecule has 1 aromatic heterocycles. The van der Waals surface area contributed by atoms with Gasteiger partial charge in [0.25, 0.3) is 0 Å². The molecule has 0 bridgehead atoms. The number of hydrogen-bond acceptors (Lipinski definition) is 3. The van der Waals surface area contributed by atoms with Crippen LogP contribution in [0.15, 0.2) is 53.1 Å². The molecule has 4 rings (SSSR count). The van der Waals surface area contributed by atoms with E-state index in [9.17, 15) is 4.79 Å². The first-order valence-electron chi connectivity index (χ1n) is 10.8. The van der Waals surface area contributed by atoms with Crippen LogP contribution in [0.25, 0.3) is 22.6 Å². The maximum atomic E-state index is 12.4. The minimum absolute atomic E-state index is 0.0631. The van der Waals surface area contributed by atoms with E-state index >= 15 is 0 Å². The largest absolute Gasteiger partial charge is 0.355 e. The van der Waals surface area contributed by atoms with Gasteiger partial charge in [0.2, 0.25) is 5.91 Å². The van der Waals surface area contributed by atoms with Crippen LogP contribution in [0.3, 0.4) is 0 Å². The molecule has 0 aliphatic heterocycles. The SMILES string of the molecule is CC(CC(=O)Nc1ccc(-c2onc3c2CCc2ccccc2-3)cc1)CC(C)(C)C. The minimum atomic E-state index is 0.0631. The van der Waals surface area contributed by atoms with Gasteiger partial charge in [-0.05, 0) is 60.4 Å². The fraction of sp³-hybridized carbons (Fsp3) is 0.385. The smallest absolute Gasteiger partial charge is 0.224 e. The number of carbonyl (C=O) groups is 1. The Labute approximate surface area is 178 Å². The van der Waals surface area contributed by atoms with E-state index in [0.717, 1.165) is 42.0 Å². The molecule has 4 heteroatoms. The van der Waals surface area contributed by atoms with Crippen LogP contribution in [0, 0.1) is 11.3 Å². The van der Waals surface area contributed by atoms with Gasteiger partial charge in [-0.2, -0.15) is 0 Å². The highest BCUT2D eigenvalue weighted by Crippen LogP contribution is 2.38. The van der Waals surface area contributed by atoms with Crippen LogP contribution >= 0.6 is 0 Å². The lowest BCUT2D eigenvalue weighted by molar-refractivity contribution is -0.117. The fourth-order valence-electron chi connectivity index (χ4n) is 4.56. The molecule has 0 saturated carbocycles. The van der Waals surface area contributed by atoms with Gasteiger partial charge >= 0.3 is 0 Å². The lowest BCUT2D eigenvalue weighted by Gasteiger charge is -2.22. The Bertz CT molecular complexity index is 1040. The Morgan fingerprint density at radius 2 is 1.83 bits per heavy atom. The summed E-state index contributed by atoms with van der Waals surface area (Å²) in [5.74, 6) is 1.25. The molecular weight excluding hydrogens is 372 g/mol. The molecule has 0 saturated heterocycles. The number of hydrogen-bond donors (Lipinski definition) is 1. The summed E-state index contributed by atoms with van der Waals surface area (Å²) in [5.41, 5.74) is 6.65. The average molecular weight is 403 g/mol. The van der Waals surface area contributed by atoms with E-state index in [1.165, 1.54) is 16.7 Å². The summed E-state index contributed by atoms with van der Waals surface area (Å²) in [6.45, 7) is 8.77. The standard InChI is InChI=1S/C26H30N2O2/c1-17(16-26(2,3)4)15-23(29)27-20-12-9-19(10-13-20)25-22-14-11-18-7-5-6-8-21(18)24(22)28-30-25/h5-10,12-13,17H,11,14-16H2,1-4H3,(H,27,29). The van der Waals surface area contributed by atoms with E-state index < -0.39 is 0 Å². The number of rotatable bonds is 5. The highest BCUT2D eigenvalue weighted by atomic mass is 16.5. The molecule has 156 valence electrons. The number of nitrogens with zero attached hydrogens (tertiary/aromatic N) is 1. The second kappa shape index (κ2) is 8.10. The van der Waals surface area contributed by atoms with Crippen LogP contribution in [-0.4, -0.2) is 11.1 Å². The topological polar surface area (TPSA) is 55.1 Å². The van der Waals surface area contributed by atoms with Crippen molar-refractivity contribution in [2.24, 2.45) is 11.3 Å². The summed E-state index contributed by atoms with van der Waals surface area (Å²) in [4.78, 5) is 12.4. The molecule has 0 radical (unpaired) electrons. The van der Waals surface area contributed by atoms with Gasteiger partial charge in [0.15, 0.2) is 5.76 Å². The molecule has 3 aromatic rings. The van der Waals surface area contributed by atoms with E-state index in [1.807, 2.05) is 30.3 Å². The van der Waals surface area contributed by atoms with Crippen LogP contribution in [0.4, 0.5) is 5.69 Å². The van der Waals surface area contributed by atoms with Gasteiger partial charge in [0.05, 0.1) is 0 Å². The number of aryl methyl sites for hydroxylation is 1. The predicted molar refractivity (Wildman–Crippen MR) is 121 cm³/mol. The van der Waals surface area contributed by atoms with E-state index in [-0.39, 0.29) is 11.3 Å². The van der Waals surface area contributed by atoms with Crippen molar-refractivity contribution in [1.29, 1.82) is 0 Å². The van der Waals surface area contributed by atoms with Crippen LogP contribution in [-0.2, 0) is 17.6 Å². The van der Waals surface area contributed by atoms with Gasteiger partial charge < -0.3 is 9.84 Å². The van der Waals surface area contributed by atoms with Crippen molar-refractivity contribution in [2.75, 3.05) is 5.32 Å². The van der Waals surface area contributed by atoms with Crippen LogP contribution < -0.4 is 5.32 Å². The molecule has 1 N–H and O–H groups in total. The molecule has 0 spiro atoms. The van der Waals surface area contributed by atoms with Crippen LogP contribution in [0.2, 0.25) is 0 Å². The zero-order valence-electron chi connectivity index (χ0n) is 18.3. The summed E-state index contributed by atoms with van der Waals surface area (Å²) >= 11 is 0. The quantitative estimate of drug-likeness (QED) is 0.529. The number of anilines is 1. The highest BCUT2D eigenvalue weighted by molar-refractivity contribution is 5.91. The summed E-state index contributed by atoms with van der Waals surface area (Å²) in [7, 11) is 0. The van der Waals surface area contributed by atoms with Gasteiger partial charge in [-0.25, -0.2) is 0 Å². The van der Waals surface area contributed by atoms with Crippen molar-refractivity contribution in [2.45, 2.75) is 53.4 Å². The Morgan fingerprint density at radius 1 is 1.10 bits per heavy atom. The first-order valence-corrected chi connectivity index (χ1v) is 10.8. The van der Waals surface area contributed by atoms with Gasteiger partial charge in [-0.15, -0.1) is 0 Å². The molecule has 1 aliphatic rings. The minimum Gasteiger partial charge on any atom is -0.355 e. The first-order chi connectivity index (χ1) is 14.3. The molecule has 4 nitrogen and oxygen atoms in total. The summed E-state index contributed by atoms with van der Waals surface area (Å²) in [6, 6.07) is 16.3. The number of amides is 1. The zero-order valence-corrected chi connectivity index (χ0v) is 18.3. The molecule has 1 aliphatic carbocycles. The molecule has 1 atom stereocenters. The van der Waals surface area contributed by atoms with Crippen molar-refractivity contribution < 1.29 is 9.32 Å². The molecule has 30 heavy (non-hydrogen) atoms. The summed E-state index contributed by atoms with van der Waals surface area (Å²) < 4.78 is 5.74. The summed E-state index contributed by atoms with van der Waals surface area (Å²) in [6.07, 6.45) is 3.49. The van der Waals surface area contributed by atoms with Crippen molar-refractivity contribution in [3.63, 3.8) is 0 Å². The van der Waals surface area contributed by atoms with Crippen molar-refractivity contribution in [3.8, 4) is 22.6 Å². The van der Waals surface area contributed by atoms with Crippen LogP contribution in [0.5, 0.6) is 0 Å². The summed E-state index contributed by atoms with van der Waals surface area (Å²) in [5, 5.41) is 7.38. The van der Waals surface area contributed by atoms with Gasteiger partial charge in [-0.3, -0.25) is 4.79 Å². The Hall–Kier alpha value is -2.88. The lowest BCUT2D eigenvalue weighted by atomic mass is 9.84. The molecule has 2 aromatic carbocycles. The Kier molecular flexibility index (Phi) is 5.50. The van der Waals surface area contributed by atoms with Gasteiger partial charge in [0.1, 0.15) is 5.69 Å². The van der Waals surface area contributed by atoms with Gasteiger partial charge in [-0.1, -0.05) is 57.1 Å². The average Bonchev–Trinajstić information content (AvgIpc) is 3.11. The molecule has 1 unspecified atom stereocenters. The first kappa shape index (κ1) is 20.4. The van der Waals surface area contributed by atoms with E-state index in [0.29, 0.717) is 12.3 Å². The third-order valence-electron chi connectivity index (χ3n) is 5.63. The normalized spacial score (nSPS) is 14.0. The van der Waals surface area contributed by atoms with E-state index in [1.54, 1.807) is 0 Å². The maximum absolute atomic E-state index is 12.4. The van der Waals surface area contributed by atoms with Crippen molar-refractivity contribution >= 4 is 11.6 Å². The van der Waals surface area contributed by atoms with E-state index in [4.69, 9.17) is 4.52 Å². The number of benzene rings is 2. The number of carbonyl (C=O) groups excluding carboxylic acids is 1. The fourth-order valence-corrected chi connectivity index (χ4v) is 4.56. The van der Waals surface area contributed by atoms with Crippen molar-refractivity contribution in [3.05, 3.63) is 59.7 Å². The van der Waals surface area contributed by atoms with Crippen LogP contribution in [0.1, 0.15) is 51.7 Å². The number of aromatic nitrogens is 1. The predicted octanol–water partition coefficient (Wildman–Crippen LogP) is 6.51. The second-order valence-corrected chi connectivity index (χ2v) is 9.70.